The van der Waals surface area contributed by atoms with Crippen molar-refractivity contribution < 1.29 is 14.4 Å². The number of amides is 3. The first-order valence-corrected chi connectivity index (χ1v) is 10.6. The highest BCUT2D eigenvalue weighted by atomic mass is 35.5. The van der Waals surface area contributed by atoms with Crippen LogP contribution in [0.3, 0.4) is 0 Å². The van der Waals surface area contributed by atoms with E-state index in [4.69, 9.17) is 23.2 Å². The van der Waals surface area contributed by atoms with Crippen LogP contribution in [0.4, 0.5) is 5.69 Å². The lowest BCUT2D eigenvalue weighted by atomic mass is 9.87. The number of anilines is 1. The number of hydrogen-bond acceptors (Lipinski definition) is 3. The van der Waals surface area contributed by atoms with Gasteiger partial charge in [-0.2, -0.15) is 0 Å². The highest BCUT2D eigenvalue weighted by Crippen LogP contribution is 2.29. The number of carbonyl (C=O) groups excluding carboxylic acids is 3. The fourth-order valence-corrected chi connectivity index (χ4v) is 3.29. The van der Waals surface area contributed by atoms with Gasteiger partial charge in [0.25, 0.3) is 5.91 Å². The monoisotopic (exact) mass is 463 g/mol. The average molecular weight is 464 g/mol. The molecule has 31 heavy (non-hydrogen) atoms. The number of para-hydroxylation sites is 1. The molecule has 0 radical (unpaired) electrons. The summed E-state index contributed by atoms with van der Waals surface area (Å²) in [6.45, 7) is 6.32. The zero-order valence-corrected chi connectivity index (χ0v) is 19.6. The molecule has 8 heteroatoms. The molecule has 0 unspecified atom stereocenters. The van der Waals surface area contributed by atoms with Gasteiger partial charge in [-0.15, -0.1) is 0 Å². The van der Waals surface area contributed by atoms with E-state index in [1.54, 1.807) is 30.3 Å². The lowest BCUT2D eigenvalue weighted by Crippen LogP contribution is -2.37. The minimum atomic E-state index is -0.422. The lowest BCUT2D eigenvalue weighted by Gasteiger charge is -2.19. The van der Waals surface area contributed by atoms with Gasteiger partial charge in [0.1, 0.15) is 0 Å². The van der Waals surface area contributed by atoms with Crippen LogP contribution < -0.4 is 10.6 Å². The molecule has 2 N–H and O–H groups in total. The number of halogens is 2. The fraction of sp³-hybridized carbons (Fsp3) is 0.348. The molecule has 0 saturated heterocycles. The average Bonchev–Trinajstić information content (AvgIpc) is 2.70. The quantitative estimate of drug-likeness (QED) is 0.633. The number of benzene rings is 2. The van der Waals surface area contributed by atoms with E-state index in [9.17, 15) is 14.4 Å². The second-order valence-electron chi connectivity index (χ2n) is 8.23. The van der Waals surface area contributed by atoms with Crippen molar-refractivity contribution in [2.24, 2.45) is 0 Å². The molecule has 0 aromatic heterocycles. The Balaban J connectivity index is 1.80. The SMILES string of the molecule is CN(CC(=O)Nc1c(Cl)cccc1Cl)C(=O)CCNC(=O)c1ccc(C(C)(C)C)cc1. The van der Waals surface area contributed by atoms with Gasteiger partial charge in [-0.05, 0) is 35.2 Å². The van der Waals surface area contributed by atoms with E-state index >= 15 is 0 Å². The minimum absolute atomic E-state index is 0.00940. The lowest BCUT2D eigenvalue weighted by molar-refractivity contribution is -0.133. The Morgan fingerprint density at radius 1 is 0.968 bits per heavy atom. The third-order valence-corrected chi connectivity index (χ3v) is 5.30. The molecule has 3 amide bonds. The summed E-state index contributed by atoms with van der Waals surface area (Å²) in [6.07, 6.45) is 0.0719. The van der Waals surface area contributed by atoms with Crippen LogP contribution in [0.15, 0.2) is 42.5 Å². The molecule has 166 valence electrons. The Morgan fingerprint density at radius 3 is 2.10 bits per heavy atom. The molecular formula is C23H27Cl2N3O3. The maximum atomic E-state index is 12.3. The molecule has 0 heterocycles. The van der Waals surface area contributed by atoms with Gasteiger partial charge in [0, 0.05) is 25.6 Å². The van der Waals surface area contributed by atoms with Crippen molar-refractivity contribution in [2.45, 2.75) is 32.6 Å². The zero-order valence-electron chi connectivity index (χ0n) is 18.1. The van der Waals surface area contributed by atoms with E-state index in [1.807, 2.05) is 12.1 Å². The Morgan fingerprint density at radius 2 is 1.55 bits per heavy atom. The van der Waals surface area contributed by atoms with E-state index in [1.165, 1.54) is 11.9 Å². The molecule has 0 aliphatic heterocycles. The van der Waals surface area contributed by atoms with Crippen molar-refractivity contribution in [1.29, 1.82) is 0 Å². The Bertz CT molecular complexity index is 933. The third-order valence-electron chi connectivity index (χ3n) is 4.67. The molecule has 0 saturated carbocycles. The van der Waals surface area contributed by atoms with Crippen LogP contribution in [-0.2, 0) is 15.0 Å². The fourth-order valence-electron chi connectivity index (χ4n) is 2.80. The van der Waals surface area contributed by atoms with Gasteiger partial charge in [-0.1, -0.05) is 62.2 Å². The maximum absolute atomic E-state index is 12.3. The molecule has 2 rings (SSSR count). The number of carbonyl (C=O) groups is 3. The molecule has 0 fully saturated rings. The predicted octanol–water partition coefficient (Wildman–Crippen LogP) is 4.51. The molecule has 2 aromatic rings. The molecule has 2 aromatic carbocycles. The number of nitrogens with one attached hydrogen (secondary N) is 2. The minimum Gasteiger partial charge on any atom is -0.352 e. The van der Waals surface area contributed by atoms with Crippen LogP contribution in [0.25, 0.3) is 0 Å². The van der Waals surface area contributed by atoms with Gasteiger partial charge in [-0.3, -0.25) is 14.4 Å². The Kier molecular flexibility index (Phi) is 8.48. The highest BCUT2D eigenvalue weighted by Gasteiger charge is 2.17. The van der Waals surface area contributed by atoms with Gasteiger partial charge in [-0.25, -0.2) is 0 Å². The standard InChI is InChI=1S/C23H27Cl2N3O3/c1-23(2,3)16-10-8-15(9-11-16)22(31)26-13-12-20(30)28(4)14-19(29)27-21-17(24)6-5-7-18(21)25/h5-11H,12-14H2,1-4H3,(H,26,31)(H,27,29). The van der Waals surface area contributed by atoms with Crippen molar-refractivity contribution in [2.75, 3.05) is 25.5 Å². The molecular weight excluding hydrogens is 437 g/mol. The summed E-state index contributed by atoms with van der Waals surface area (Å²) in [5, 5.41) is 5.96. The largest absolute Gasteiger partial charge is 0.352 e. The summed E-state index contributed by atoms with van der Waals surface area (Å²) in [5.74, 6) is -0.945. The molecule has 0 bridgehead atoms. The van der Waals surface area contributed by atoms with E-state index < -0.39 is 5.91 Å². The second kappa shape index (κ2) is 10.6. The topological polar surface area (TPSA) is 78.5 Å². The Hall–Kier alpha value is -2.57. The summed E-state index contributed by atoms with van der Waals surface area (Å²) in [6, 6.07) is 12.3. The van der Waals surface area contributed by atoms with Crippen LogP contribution in [0.2, 0.25) is 10.0 Å². The Labute approximate surface area is 192 Å². The van der Waals surface area contributed by atoms with Crippen LogP contribution in [0, 0.1) is 0 Å². The first kappa shape index (κ1) is 24.7. The van der Waals surface area contributed by atoms with Crippen molar-refractivity contribution in [1.82, 2.24) is 10.2 Å². The maximum Gasteiger partial charge on any atom is 0.251 e. The smallest absolute Gasteiger partial charge is 0.251 e. The summed E-state index contributed by atoms with van der Waals surface area (Å²) in [4.78, 5) is 38.0. The van der Waals surface area contributed by atoms with Crippen molar-refractivity contribution in [3.05, 3.63) is 63.6 Å². The van der Waals surface area contributed by atoms with Gasteiger partial charge in [0.2, 0.25) is 11.8 Å². The first-order valence-electron chi connectivity index (χ1n) is 9.85. The highest BCUT2D eigenvalue weighted by molar-refractivity contribution is 6.39. The van der Waals surface area contributed by atoms with Crippen LogP contribution >= 0.6 is 23.2 Å². The zero-order chi connectivity index (χ0) is 23.2. The normalized spacial score (nSPS) is 11.0. The van der Waals surface area contributed by atoms with Gasteiger partial charge >= 0.3 is 0 Å². The van der Waals surface area contributed by atoms with E-state index in [0.29, 0.717) is 21.3 Å². The number of likely N-dealkylation sites (N-methyl/N-ethyl adjacent to an activating group) is 1. The first-order chi connectivity index (χ1) is 14.5. The third kappa shape index (κ3) is 7.26. The number of rotatable bonds is 7. The van der Waals surface area contributed by atoms with E-state index in [-0.39, 0.29) is 36.7 Å². The van der Waals surface area contributed by atoms with Crippen molar-refractivity contribution in [3.63, 3.8) is 0 Å². The van der Waals surface area contributed by atoms with Crippen molar-refractivity contribution >= 4 is 46.6 Å². The van der Waals surface area contributed by atoms with E-state index in [2.05, 4.69) is 31.4 Å². The molecule has 0 spiro atoms. The van der Waals surface area contributed by atoms with Gasteiger partial charge < -0.3 is 15.5 Å². The molecule has 0 atom stereocenters. The molecule has 0 aliphatic carbocycles. The van der Waals surface area contributed by atoms with Crippen LogP contribution in [-0.4, -0.2) is 42.8 Å². The van der Waals surface area contributed by atoms with E-state index in [0.717, 1.165) is 5.56 Å². The summed E-state index contributed by atoms with van der Waals surface area (Å²) < 4.78 is 0. The summed E-state index contributed by atoms with van der Waals surface area (Å²) in [7, 11) is 1.52. The molecule has 6 nitrogen and oxygen atoms in total. The summed E-state index contributed by atoms with van der Waals surface area (Å²) in [5.41, 5.74) is 1.98. The predicted molar refractivity (Wildman–Crippen MR) is 125 cm³/mol. The summed E-state index contributed by atoms with van der Waals surface area (Å²) >= 11 is 12.1. The van der Waals surface area contributed by atoms with Crippen LogP contribution in [0.1, 0.15) is 43.1 Å². The van der Waals surface area contributed by atoms with Crippen LogP contribution in [0.5, 0.6) is 0 Å². The van der Waals surface area contributed by atoms with Crippen molar-refractivity contribution in [3.8, 4) is 0 Å². The molecule has 0 aliphatic rings. The van der Waals surface area contributed by atoms with Gasteiger partial charge in [0.05, 0.1) is 22.3 Å². The number of nitrogens with zero attached hydrogens (tertiary/aromatic N) is 1. The van der Waals surface area contributed by atoms with Gasteiger partial charge in [0.15, 0.2) is 0 Å². The second-order valence-corrected chi connectivity index (χ2v) is 9.04. The number of hydrogen-bond donors (Lipinski definition) is 2.